The zero-order valence-corrected chi connectivity index (χ0v) is 20.5. The quantitative estimate of drug-likeness (QED) is 0.195. The molecule has 0 N–H and O–H groups in total. The summed E-state index contributed by atoms with van der Waals surface area (Å²) in [6.45, 7) is 17.0. The first-order valence-electron chi connectivity index (χ1n) is 12.9. The Kier molecular flexibility index (Phi) is 18.1. The van der Waals surface area contributed by atoms with Gasteiger partial charge >= 0.3 is 0 Å². The van der Waals surface area contributed by atoms with Gasteiger partial charge in [0.2, 0.25) is 0 Å². The summed E-state index contributed by atoms with van der Waals surface area (Å²) in [6, 6.07) is 0. The van der Waals surface area contributed by atoms with Crippen LogP contribution in [0.5, 0.6) is 0 Å². The Morgan fingerprint density at radius 3 is 1.26 bits per heavy atom. The Morgan fingerprint density at radius 1 is 0.370 bits per heavy atom. The molecule has 0 aromatic heterocycles. The van der Waals surface area contributed by atoms with E-state index in [1.807, 2.05) is 0 Å². The SMILES string of the molecule is CCCCCC[C@@H](C)CCCCC[C@H](C)C[C@H](C)C[C@@H](C)C[C@H](C)CCC. The van der Waals surface area contributed by atoms with Gasteiger partial charge in [0.25, 0.3) is 0 Å². The Balaban J connectivity index is 3.65. The lowest BCUT2D eigenvalue weighted by Crippen LogP contribution is -2.10. The van der Waals surface area contributed by atoms with Gasteiger partial charge in [0.15, 0.2) is 0 Å². The molecule has 0 bridgehead atoms. The van der Waals surface area contributed by atoms with Crippen molar-refractivity contribution in [1.29, 1.82) is 0 Å². The largest absolute Gasteiger partial charge is 0.0654 e. The van der Waals surface area contributed by atoms with Crippen LogP contribution in [0, 0.1) is 29.6 Å². The normalized spacial score (nSPS) is 17.4. The van der Waals surface area contributed by atoms with Crippen LogP contribution in [0.1, 0.15) is 145 Å². The lowest BCUT2D eigenvalue weighted by atomic mass is 9.83. The first-order chi connectivity index (χ1) is 12.9. The second kappa shape index (κ2) is 18.1. The predicted octanol–water partition coefficient (Wildman–Crippen LogP) is 10.1. The number of hydrogen-bond donors (Lipinski definition) is 0. The lowest BCUT2D eigenvalue weighted by Gasteiger charge is -2.23. The molecule has 0 aliphatic rings. The Hall–Kier alpha value is 0. The van der Waals surface area contributed by atoms with E-state index >= 15 is 0 Å². The maximum absolute atomic E-state index is 2.50. The number of hydrogen-bond acceptors (Lipinski definition) is 0. The van der Waals surface area contributed by atoms with Crippen LogP contribution < -0.4 is 0 Å². The summed E-state index contributed by atoms with van der Waals surface area (Å²) in [5.74, 6) is 4.62. The molecule has 0 aromatic rings. The molecule has 27 heavy (non-hydrogen) atoms. The summed E-state index contributed by atoms with van der Waals surface area (Å²) in [5, 5.41) is 0. The van der Waals surface area contributed by atoms with Crippen molar-refractivity contribution in [1.82, 2.24) is 0 Å². The van der Waals surface area contributed by atoms with Gasteiger partial charge in [-0.3, -0.25) is 0 Å². The van der Waals surface area contributed by atoms with Crippen LogP contribution in [0.2, 0.25) is 0 Å². The lowest BCUT2D eigenvalue weighted by molar-refractivity contribution is 0.293. The van der Waals surface area contributed by atoms with Crippen LogP contribution >= 0.6 is 0 Å². The summed E-state index contributed by atoms with van der Waals surface area (Å²) < 4.78 is 0. The molecule has 0 amide bonds. The second-order valence-electron chi connectivity index (χ2n) is 10.5. The second-order valence-corrected chi connectivity index (χ2v) is 10.5. The van der Waals surface area contributed by atoms with Gasteiger partial charge < -0.3 is 0 Å². The van der Waals surface area contributed by atoms with E-state index in [0.717, 1.165) is 29.6 Å². The average molecular weight is 381 g/mol. The minimum Gasteiger partial charge on any atom is -0.0654 e. The van der Waals surface area contributed by atoms with Crippen molar-refractivity contribution in [2.24, 2.45) is 29.6 Å². The molecule has 0 heterocycles. The van der Waals surface area contributed by atoms with Gasteiger partial charge in [-0.2, -0.15) is 0 Å². The van der Waals surface area contributed by atoms with Crippen molar-refractivity contribution in [3.8, 4) is 0 Å². The molecule has 0 radical (unpaired) electrons. The first kappa shape index (κ1) is 27.0. The molecule has 0 heteroatoms. The van der Waals surface area contributed by atoms with Crippen molar-refractivity contribution < 1.29 is 0 Å². The van der Waals surface area contributed by atoms with Crippen molar-refractivity contribution in [3.05, 3.63) is 0 Å². The smallest absolute Gasteiger partial charge is 0.0438 e. The molecule has 0 aromatic carbocycles. The summed E-state index contributed by atoms with van der Waals surface area (Å²) >= 11 is 0. The molecule has 0 spiro atoms. The van der Waals surface area contributed by atoms with E-state index in [0.29, 0.717) is 0 Å². The fraction of sp³-hybridized carbons (Fsp3) is 1.00. The third-order valence-electron chi connectivity index (χ3n) is 6.64. The van der Waals surface area contributed by atoms with Crippen LogP contribution in [-0.4, -0.2) is 0 Å². The van der Waals surface area contributed by atoms with E-state index in [4.69, 9.17) is 0 Å². The van der Waals surface area contributed by atoms with Gasteiger partial charge in [-0.1, -0.05) is 126 Å². The molecular formula is C27H56. The van der Waals surface area contributed by atoms with Gasteiger partial charge in [-0.05, 0) is 48.9 Å². The van der Waals surface area contributed by atoms with E-state index in [9.17, 15) is 0 Å². The highest BCUT2D eigenvalue weighted by molar-refractivity contribution is 4.66. The molecule has 0 aliphatic carbocycles. The van der Waals surface area contributed by atoms with Crippen molar-refractivity contribution in [2.75, 3.05) is 0 Å². The molecule has 0 aliphatic heterocycles. The van der Waals surface area contributed by atoms with Crippen LogP contribution in [-0.2, 0) is 0 Å². The Bertz CT molecular complexity index is 294. The fourth-order valence-corrected chi connectivity index (χ4v) is 5.21. The molecule has 5 atom stereocenters. The van der Waals surface area contributed by atoms with Crippen molar-refractivity contribution in [3.63, 3.8) is 0 Å². The van der Waals surface area contributed by atoms with Crippen molar-refractivity contribution in [2.45, 2.75) is 145 Å². The van der Waals surface area contributed by atoms with Gasteiger partial charge in [0.05, 0.1) is 0 Å². The van der Waals surface area contributed by atoms with Gasteiger partial charge in [-0.25, -0.2) is 0 Å². The highest BCUT2D eigenvalue weighted by Gasteiger charge is 2.14. The molecular weight excluding hydrogens is 324 g/mol. The molecule has 0 unspecified atom stereocenters. The number of unbranched alkanes of at least 4 members (excludes halogenated alkanes) is 5. The molecule has 0 saturated heterocycles. The number of rotatable bonds is 19. The van der Waals surface area contributed by atoms with Crippen LogP contribution in [0.4, 0.5) is 0 Å². The summed E-state index contributed by atoms with van der Waals surface area (Å²) in [6.07, 6.45) is 21.5. The van der Waals surface area contributed by atoms with Gasteiger partial charge in [0.1, 0.15) is 0 Å². The molecule has 164 valence electrons. The molecule has 0 saturated carbocycles. The highest BCUT2D eigenvalue weighted by Crippen LogP contribution is 2.27. The van der Waals surface area contributed by atoms with E-state index < -0.39 is 0 Å². The van der Waals surface area contributed by atoms with Crippen LogP contribution in [0.15, 0.2) is 0 Å². The average Bonchev–Trinajstić information content (AvgIpc) is 2.58. The zero-order valence-electron chi connectivity index (χ0n) is 20.5. The predicted molar refractivity (Wildman–Crippen MR) is 126 cm³/mol. The Morgan fingerprint density at radius 2 is 0.778 bits per heavy atom. The van der Waals surface area contributed by atoms with Crippen LogP contribution in [0.3, 0.4) is 0 Å². The molecule has 0 nitrogen and oxygen atoms in total. The maximum Gasteiger partial charge on any atom is -0.0438 e. The van der Waals surface area contributed by atoms with Gasteiger partial charge in [-0.15, -0.1) is 0 Å². The van der Waals surface area contributed by atoms with E-state index in [1.165, 1.54) is 96.3 Å². The topological polar surface area (TPSA) is 0 Å². The van der Waals surface area contributed by atoms with Crippen molar-refractivity contribution >= 4 is 0 Å². The minimum atomic E-state index is 0.909. The molecule has 0 rings (SSSR count). The summed E-state index contributed by atoms with van der Waals surface area (Å²) in [4.78, 5) is 0. The van der Waals surface area contributed by atoms with Crippen LogP contribution in [0.25, 0.3) is 0 Å². The zero-order chi connectivity index (χ0) is 20.5. The fourth-order valence-electron chi connectivity index (χ4n) is 5.21. The first-order valence-corrected chi connectivity index (χ1v) is 12.9. The Labute approximate surface area is 174 Å². The van der Waals surface area contributed by atoms with E-state index in [1.54, 1.807) is 0 Å². The molecule has 0 fully saturated rings. The highest BCUT2D eigenvalue weighted by atomic mass is 14.2. The monoisotopic (exact) mass is 380 g/mol. The minimum absolute atomic E-state index is 0.909. The third kappa shape index (κ3) is 17.8. The van der Waals surface area contributed by atoms with E-state index in [-0.39, 0.29) is 0 Å². The summed E-state index contributed by atoms with van der Waals surface area (Å²) in [5.41, 5.74) is 0. The maximum atomic E-state index is 2.50. The standard InChI is InChI=1S/C27H56/c1-8-10-11-13-17-23(3)18-14-12-15-19-25(5)21-27(7)22-26(6)20-24(4)16-9-2/h23-27H,8-22H2,1-7H3/t23-,24-,25+,26+,27+/m1/s1. The third-order valence-corrected chi connectivity index (χ3v) is 6.64. The van der Waals surface area contributed by atoms with E-state index in [2.05, 4.69) is 48.5 Å². The van der Waals surface area contributed by atoms with Gasteiger partial charge in [0, 0.05) is 0 Å². The summed E-state index contributed by atoms with van der Waals surface area (Å²) in [7, 11) is 0.